The fraction of sp³-hybridized carbons (Fsp3) is 0.474. The molecule has 1 saturated heterocycles. The summed E-state index contributed by atoms with van der Waals surface area (Å²) in [4.78, 5) is 18.5. The van der Waals surface area contributed by atoms with Gasteiger partial charge in [-0.1, -0.05) is 12.1 Å². The lowest BCUT2D eigenvalue weighted by Crippen LogP contribution is -2.46. The number of nitrogens with zero attached hydrogens (tertiary/aromatic N) is 3. The fourth-order valence-electron chi connectivity index (χ4n) is 3.33. The Morgan fingerprint density at radius 3 is 2.80 bits per heavy atom. The number of carbonyl (C=O) groups is 1. The Kier molecular flexibility index (Phi) is 5.38. The summed E-state index contributed by atoms with van der Waals surface area (Å²) in [5.74, 6) is 1.14. The molecule has 1 aliphatic rings. The summed E-state index contributed by atoms with van der Waals surface area (Å²) in [7, 11) is 0. The molecule has 1 fully saturated rings. The molecular formula is C19H26N4O2. The van der Waals surface area contributed by atoms with E-state index >= 15 is 0 Å². The first kappa shape index (κ1) is 17.5. The topological polar surface area (TPSA) is 70.4 Å². The second kappa shape index (κ2) is 7.70. The minimum atomic E-state index is -0.0695. The molecule has 2 aromatic rings. The number of likely N-dealkylation sites (tertiary alicyclic amines) is 1. The molecule has 2 amide bonds. The predicted octanol–water partition coefficient (Wildman–Crippen LogP) is 2.66. The van der Waals surface area contributed by atoms with E-state index in [1.165, 1.54) is 0 Å². The Balaban J connectivity index is 1.62. The van der Waals surface area contributed by atoms with Crippen LogP contribution >= 0.6 is 0 Å². The van der Waals surface area contributed by atoms with Crippen LogP contribution in [0.2, 0.25) is 0 Å². The molecule has 1 aromatic heterocycles. The van der Waals surface area contributed by atoms with Gasteiger partial charge in [-0.2, -0.15) is 0 Å². The molecule has 0 unspecified atom stereocenters. The van der Waals surface area contributed by atoms with E-state index in [2.05, 4.69) is 10.3 Å². The first-order valence-corrected chi connectivity index (χ1v) is 8.85. The van der Waals surface area contributed by atoms with E-state index in [0.717, 1.165) is 36.5 Å². The molecule has 6 heteroatoms. The molecule has 25 heavy (non-hydrogen) atoms. The van der Waals surface area contributed by atoms with Gasteiger partial charge in [0.15, 0.2) is 0 Å². The number of hydrogen-bond donors (Lipinski definition) is 2. The number of imidazole rings is 1. The van der Waals surface area contributed by atoms with Crippen molar-refractivity contribution in [1.82, 2.24) is 19.8 Å². The molecule has 2 heterocycles. The largest absolute Gasteiger partial charge is 0.396 e. The number of amides is 2. The van der Waals surface area contributed by atoms with Crippen molar-refractivity contribution in [1.29, 1.82) is 0 Å². The summed E-state index contributed by atoms with van der Waals surface area (Å²) >= 11 is 0. The molecular weight excluding hydrogens is 316 g/mol. The number of hydrogen-bond acceptors (Lipinski definition) is 3. The van der Waals surface area contributed by atoms with Crippen molar-refractivity contribution < 1.29 is 9.90 Å². The lowest BCUT2D eigenvalue weighted by Gasteiger charge is -2.32. The van der Waals surface area contributed by atoms with Gasteiger partial charge >= 0.3 is 6.03 Å². The molecule has 2 N–H and O–H groups in total. The van der Waals surface area contributed by atoms with Crippen LogP contribution in [-0.2, 0) is 0 Å². The number of aliphatic hydroxyl groups is 1. The first-order valence-electron chi connectivity index (χ1n) is 8.85. The number of aliphatic hydroxyl groups excluding tert-OH is 1. The zero-order chi connectivity index (χ0) is 17.8. The van der Waals surface area contributed by atoms with Crippen molar-refractivity contribution in [2.75, 3.05) is 19.7 Å². The Bertz CT molecular complexity index is 710. The minimum Gasteiger partial charge on any atom is -0.396 e. The summed E-state index contributed by atoms with van der Waals surface area (Å²) in [5, 5.41) is 12.4. The van der Waals surface area contributed by atoms with Gasteiger partial charge in [0.25, 0.3) is 0 Å². The van der Waals surface area contributed by atoms with Crippen LogP contribution in [0.4, 0.5) is 4.79 Å². The average molecular weight is 342 g/mol. The number of piperidine rings is 1. The smallest absolute Gasteiger partial charge is 0.317 e. The molecule has 0 saturated carbocycles. The molecule has 0 spiro atoms. The molecule has 2 atom stereocenters. The molecule has 0 radical (unpaired) electrons. The third-order valence-electron chi connectivity index (χ3n) is 4.90. The van der Waals surface area contributed by atoms with Gasteiger partial charge in [0.1, 0.15) is 5.82 Å². The Morgan fingerprint density at radius 2 is 2.16 bits per heavy atom. The second-order valence-electron chi connectivity index (χ2n) is 6.74. The van der Waals surface area contributed by atoms with Crippen molar-refractivity contribution >= 4 is 6.03 Å². The van der Waals surface area contributed by atoms with Crippen LogP contribution in [0.25, 0.3) is 5.69 Å². The van der Waals surface area contributed by atoms with Gasteiger partial charge in [0.2, 0.25) is 0 Å². The van der Waals surface area contributed by atoms with Crippen molar-refractivity contribution in [3.05, 3.63) is 48.0 Å². The third-order valence-corrected chi connectivity index (χ3v) is 4.90. The zero-order valence-corrected chi connectivity index (χ0v) is 14.9. The number of rotatable bonds is 4. The highest BCUT2D eigenvalue weighted by Crippen LogP contribution is 2.19. The van der Waals surface area contributed by atoms with E-state index in [0.29, 0.717) is 6.54 Å². The van der Waals surface area contributed by atoms with Gasteiger partial charge < -0.3 is 19.9 Å². The van der Waals surface area contributed by atoms with E-state index in [9.17, 15) is 9.90 Å². The van der Waals surface area contributed by atoms with Gasteiger partial charge in [-0.3, -0.25) is 0 Å². The third kappa shape index (κ3) is 4.02. The minimum absolute atomic E-state index is 0.0554. The monoisotopic (exact) mass is 342 g/mol. The number of nitrogens with one attached hydrogen (secondary N) is 1. The van der Waals surface area contributed by atoms with Crippen LogP contribution in [0.3, 0.4) is 0 Å². The normalized spacial score (nSPS) is 18.8. The van der Waals surface area contributed by atoms with Gasteiger partial charge in [0.05, 0.1) is 6.04 Å². The molecule has 0 aliphatic carbocycles. The van der Waals surface area contributed by atoms with Gasteiger partial charge in [-0.05, 0) is 50.3 Å². The zero-order valence-electron chi connectivity index (χ0n) is 14.9. The van der Waals surface area contributed by atoms with E-state index in [-0.39, 0.29) is 24.6 Å². The van der Waals surface area contributed by atoms with Crippen LogP contribution in [-0.4, -0.2) is 45.3 Å². The number of benzene rings is 1. The molecule has 6 nitrogen and oxygen atoms in total. The summed E-state index contributed by atoms with van der Waals surface area (Å²) < 4.78 is 2.02. The number of aromatic nitrogens is 2. The maximum atomic E-state index is 12.5. The van der Waals surface area contributed by atoms with Crippen LogP contribution in [0, 0.1) is 12.8 Å². The first-order chi connectivity index (χ1) is 12.1. The quantitative estimate of drug-likeness (QED) is 0.897. The Hall–Kier alpha value is -2.34. The van der Waals surface area contributed by atoms with Crippen LogP contribution in [0.1, 0.15) is 37.2 Å². The van der Waals surface area contributed by atoms with Crippen LogP contribution in [0.5, 0.6) is 0 Å². The maximum Gasteiger partial charge on any atom is 0.317 e. The molecule has 1 aromatic carbocycles. The SMILES string of the molecule is Cc1nccn1-c1ccc([C@H](C)NC(=O)N2CCC[C@@H](CO)C2)cc1. The molecule has 0 bridgehead atoms. The molecule has 1 aliphatic heterocycles. The Morgan fingerprint density at radius 1 is 1.40 bits per heavy atom. The second-order valence-corrected chi connectivity index (χ2v) is 6.74. The van der Waals surface area contributed by atoms with Crippen molar-refractivity contribution in [3.63, 3.8) is 0 Å². The van der Waals surface area contributed by atoms with Crippen LogP contribution in [0.15, 0.2) is 36.7 Å². The average Bonchev–Trinajstić information content (AvgIpc) is 3.07. The number of aryl methyl sites for hydroxylation is 1. The summed E-state index contributed by atoms with van der Waals surface area (Å²) in [5.41, 5.74) is 2.12. The van der Waals surface area contributed by atoms with Crippen molar-refractivity contribution in [2.45, 2.75) is 32.7 Å². The summed E-state index contributed by atoms with van der Waals surface area (Å²) in [6.07, 6.45) is 5.66. The lowest BCUT2D eigenvalue weighted by atomic mass is 9.99. The van der Waals surface area contributed by atoms with E-state index in [1.54, 1.807) is 6.20 Å². The Labute approximate surface area is 148 Å². The van der Waals surface area contributed by atoms with Crippen molar-refractivity contribution in [2.24, 2.45) is 5.92 Å². The lowest BCUT2D eigenvalue weighted by molar-refractivity contribution is 0.128. The van der Waals surface area contributed by atoms with Gasteiger partial charge in [0, 0.05) is 37.8 Å². The number of carbonyl (C=O) groups excluding carboxylic acids is 1. The molecule has 134 valence electrons. The summed E-state index contributed by atoms with van der Waals surface area (Å²) in [6, 6.07) is 8.02. The number of urea groups is 1. The summed E-state index contributed by atoms with van der Waals surface area (Å²) in [6.45, 7) is 5.49. The standard InChI is InChI=1S/C19H26N4O2/c1-14(21-19(25)22-10-3-4-16(12-22)13-24)17-5-7-18(8-6-17)23-11-9-20-15(23)2/h5-9,11,14,16,24H,3-4,10,12-13H2,1-2H3,(H,21,25)/t14-,16+/m0/s1. The van der Waals surface area contributed by atoms with E-state index in [1.807, 2.05) is 53.8 Å². The highest BCUT2D eigenvalue weighted by molar-refractivity contribution is 5.74. The predicted molar refractivity (Wildman–Crippen MR) is 96.6 cm³/mol. The highest BCUT2D eigenvalue weighted by atomic mass is 16.3. The van der Waals surface area contributed by atoms with Gasteiger partial charge in [-0.25, -0.2) is 9.78 Å². The molecule has 3 rings (SSSR count). The fourth-order valence-corrected chi connectivity index (χ4v) is 3.33. The highest BCUT2D eigenvalue weighted by Gasteiger charge is 2.24. The maximum absolute atomic E-state index is 12.5. The van der Waals surface area contributed by atoms with Gasteiger partial charge in [-0.15, -0.1) is 0 Å². The van der Waals surface area contributed by atoms with Crippen molar-refractivity contribution in [3.8, 4) is 5.69 Å². The van der Waals surface area contributed by atoms with Crippen LogP contribution < -0.4 is 5.32 Å². The van der Waals surface area contributed by atoms with E-state index in [4.69, 9.17) is 0 Å². The van der Waals surface area contributed by atoms with E-state index < -0.39 is 0 Å².